The summed E-state index contributed by atoms with van der Waals surface area (Å²) in [6.07, 6.45) is 4.94. The van der Waals surface area contributed by atoms with Gasteiger partial charge in [0.2, 0.25) is 0 Å². The number of hydrogen-bond acceptors (Lipinski definition) is 1. The average Bonchev–Trinajstić information content (AvgIpc) is 2.97. The van der Waals surface area contributed by atoms with E-state index in [-0.39, 0.29) is 11.1 Å². The number of hydrogen-bond donors (Lipinski definition) is 0. The van der Waals surface area contributed by atoms with Crippen molar-refractivity contribution in [3.05, 3.63) is 40.9 Å². The topological polar surface area (TPSA) is 23.3 Å². The number of benzene rings is 1. The average molecular weight is 518 g/mol. The van der Waals surface area contributed by atoms with Crippen molar-refractivity contribution in [1.82, 2.24) is 0 Å². The summed E-state index contributed by atoms with van der Waals surface area (Å²) in [5.74, 6) is 0. The summed E-state index contributed by atoms with van der Waals surface area (Å²) in [6.45, 7) is 18.7. The van der Waals surface area contributed by atoms with Gasteiger partial charge >= 0.3 is 35.6 Å². The van der Waals surface area contributed by atoms with E-state index < -0.39 is 25.3 Å². The fourth-order valence-electron chi connectivity index (χ4n) is 4.17. The molecule has 1 atom stereocenters. The van der Waals surface area contributed by atoms with Crippen LogP contribution in [0.1, 0.15) is 72.8 Å². The van der Waals surface area contributed by atoms with Gasteiger partial charge < -0.3 is 9.72 Å². The molecule has 0 heterocycles. The molecule has 176 valence electrons. The molecule has 2 nitrogen and oxygen atoms in total. The molecule has 0 bridgehead atoms. The first-order chi connectivity index (χ1) is 14.3. The van der Waals surface area contributed by atoms with E-state index in [1.54, 1.807) is 0 Å². The third kappa shape index (κ3) is 10.8. The van der Waals surface area contributed by atoms with E-state index in [9.17, 15) is 0 Å². The number of ether oxygens (including phenoxy) is 1. The number of halogens is 2. The van der Waals surface area contributed by atoms with Gasteiger partial charge in [0.25, 0.3) is 0 Å². The molecule has 2 rings (SSSR count). The monoisotopic (exact) mass is 517 g/mol. The minimum atomic E-state index is -1.91. The second-order valence-electron chi connectivity index (χ2n) is 10.5. The number of aryl methyl sites for hydroxylation is 1. The van der Waals surface area contributed by atoms with E-state index in [1.165, 1.54) is 46.8 Å². The summed E-state index contributed by atoms with van der Waals surface area (Å²) in [4.78, 5) is 5.45. The first kappa shape index (κ1) is 29.3. The summed E-state index contributed by atoms with van der Waals surface area (Å²) in [5.41, 5.74) is 1.38. The van der Waals surface area contributed by atoms with E-state index in [0.717, 1.165) is 13.0 Å². The fourth-order valence-corrected chi connectivity index (χ4v) is 8.42. The Labute approximate surface area is 208 Å². The molecule has 0 N–H and O–H groups in total. The van der Waals surface area contributed by atoms with Gasteiger partial charge in [0.05, 0.1) is 5.60 Å². The predicted octanol–water partition coefficient (Wildman–Crippen LogP) is 8.57. The number of nitrogens with zero attached hydrogens (tertiary/aromatic N) is 1. The van der Waals surface area contributed by atoms with Crippen LogP contribution >= 0.6 is 18.6 Å². The Morgan fingerprint density at radius 3 is 2.16 bits per heavy atom. The zero-order chi connectivity index (χ0) is 23.7. The van der Waals surface area contributed by atoms with Gasteiger partial charge in [0.1, 0.15) is 0 Å². The van der Waals surface area contributed by atoms with Gasteiger partial charge in [0.15, 0.2) is 0 Å². The Bertz CT molecular complexity index is 782. The maximum atomic E-state index is 5.85. The molecule has 1 unspecified atom stereocenters. The van der Waals surface area contributed by atoms with Gasteiger partial charge in [-0.2, -0.15) is 22.2 Å². The van der Waals surface area contributed by atoms with Crippen LogP contribution in [0.5, 0.6) is 0 Å². The van der Waals surface area contributed by atoms with Crippen molar-refractivity contribution in [1.29, 1.82) is 0 Å². The molecule has 31 heavy (non-hydrogen) atoms. The molecule has 0 saturated heterocycles. The van der Waals surface area contributed by atoms with Crippen LogP contribution in [0.3, 0.4) is 0 Å². The van der Waals surface area contributed by atoms with E-state index in [4.69, 9.17) is 28.3 Å². The Morgan fingerprint density at radius 2 is 1.58 bits per heavy atom. The van der Waals surface area contributed by atoms with Crippen LogP contribution < -0.4 is 5.19 Å². The molecule has 2 aromatic rings. The number of rotatable bonds is 9. The van der Waals surface area contributed by atoms with Crippen molar-refractivity contribution in [3.63, 3.8) is 0 Å². The van der Waals surface area contributed by atoms with E-state index in [1.807, 2.05) is 0 Å². The van der Waals surface area contributed by atoms with Crippen molar-refractivity contribution in [2.24, 2.45) is 0 Å². The van der Waals surface area contributed by atoms with Crippen LogP contribution in [0.2, 0.25) is 12.6 Å². The molecule has 0 aliphatic rings. The summed E-state index contributed by atoms with van der Waals surface area (Å²) < 4.78 is 5.85. The first-order valence-electron chi connectivity index (χ1n) is 11.3. The van der Waals surface area contributed by atoms with E-state index in [0.29, 0.717) is 0 Å². The first-order valence-corrected chi connectivity index (χ1v) is 18.3. The van der Waals surface area contributed by atoms with Crippen molar-refractivity contribution in [2.75, 3.05) is 6.61 Å². The third-order valence-corrected chi connectivity index (χ3v) is 9.32. The van der Waals surface area contributed by atoms with Gasteiger partial charge in [-0.1, -0.05) is 73.9 Å². The SMILES string of the molecule is Cc1c[c-]([Si](C)(CCCCCCOC(C)(C)C)[N-]C(C)(C)C)c2ccccc12.[Cl][Ti][Cl]. The van der Waals surface area contributed by atoms with Crippen LogP contribution in [-0.2, 0) is 21.8 Å². The van der Waals surface area contributed by atoms with Gasteiger partial charge in [-0.3, -0.25) is 0 Å². The van der Waals surface area contributed by atoms with E-state index in [2.05, 4.69) is 85.3 Å². The predicted molar refractivity (Wildman–Crippen MR) is 139 cm³/mol. The summed E-state index contributed by atoms with van der Waals surface area (Å²) in [5, 5.41) is 4.37. The van der Waals surface area contributed by atoms with Gasteiger partial charge in [-0.15, -0.1) is 29.1 Å². The van der Waals surface area contributed by atoms with Crippen LogP contribution in [0, 0.1) is 6.92 Å². The molecule has 6 heteroatoms. The molecule has 0 aliphatic carbocycles. The Kier molecular flexibility index (Phi) is 12.5. The second-order valence-corrected chi connectivity index (χ2v) is 16.9. The Hall–Kier alpha value is 0.261. The van der Waals surface area contributed by atoms with Crippen LogP contribution in [-0.4, -0.2) is 26.0 Å². The van der Waals surface area contributed by atoms with Gasteiger partial charge in [0, 0.05) is 6.61 Å². The Morgan fingerprint density at radius 1 is 1.00 bits per heavy atom. The molecule has 0 radical (unpaired) electrons. The second kappa shape index (κ2) is 13.2. The van der Waals surface area contributed by atoms with Crippen molar-refractivity contribution in [3.8, 4) is 0 Å². The normalized spacial score (nSPS) is 14.1. The van der Waals surface area contributed by atoms with E-state index >= 15 is 0 Å². The molecular formula is C25H41Cl2NOSiTi-2. The minimum absolute atomic E-state index is 0.00774. The molecular weight excluding hydrogens is 477 g/mol. The quantitative estimate of drug-likeness (QED) is 0.185. The molecule has 0 spiro atoms. The molecule has 2 aromatic carbocycles. The zero-order valence-electron chi connectivity index (χ0n) is 20.7. The zero-order valence-corrected chi connectivity index (χ0v) is 24.8. The van der Waals surface area contributed by atoms with Gasteiger partial charge in [-0.05, 0) is 27.2 Å². The molecule has 0 aromatic heterocycles. The van der Waals surface area contributed by atoms with Gasteiger partial charge in [-0.25, -0.2) is 0 Å². The fraction of sp³-hybridized carbons (Fsp3) is 0.640. The molecule has 0 fully saturated rings. The van der Waals surface area contributed by atoms with Crippen molar-refractivity contribution in [2.45, 2.75) is 97.9 Å². The maximum absolute atomic E-state index is 5.85. The van der Waals surface area contributed by atoms with Crippen molar-refractivity contribution >= 4 is 42.8 Å². The van der Waals surface area contributed by atoms with Crippen LogP contribution in [0.25, 0.3) is 15.8 Å². The number of fused-ring (bicyclic) bond motifs is 1. The molecule has 0 saturated carbocycles. The molecule has 0 aliphatic heterocycles. The summed E-state index contributed by atoms with van der Waals surface area (Å²) >= 11 is -0.556. The Balaban J connectivity index is 0.00000151. The van der Waals surface area contributed by atoms with Crippen molar-refractivity contribution < 1.29 is 21.8 Å². The summed E-state index contributed by atoms with van der Waals surface area (Å²) in [7, 11) is 7.87. The third-order valence-electron chi connectivity index (χ3n) is 5.26. The summed E-state index contributed by atoms with van der Waals surface area (Å²) in [6, 6.07) is 12.5. The molecule has 0 amide bonds. The number of unbranched alkanes of at least 4 members (excludes halogenated alkanes) is 3. The van der Waals surface area contributed by atoms with Crippen LogP contribution in [0.4, 0.5) is 0 Å². The standard InChI is InChI=1S/C25H41NOSi.2ClH.Ti/c1-20-19-23(22-16-12-11-15-21(20)22)28(8,26-24(2,3)4)18-14-10-9-13-17-27-25(5,6)7;;;/h11-12,15-16,19H,9-10,13-14,17-18H2,1-8H3;2*1H;/q-2;;;+2/p-2. The van der Waals surface area contributed by atoms with Crippen LogP contribution in [0.15, 0.2) is 30.3 Å².